The molecule has 0 fully saturated rings. The van der Waals surface area contributed by atoms with E-state index < -0.39 is 0 Å². The Bertz CT molecular complexity index is 496. The zero-order chi connectivity index (χ0) is 12.3. The van der Waals surface area contributed by atoms with E-state index in [0.29, 0.717) is 6.04 Å². The summed E-state index contributed by atoms with van der Waals surface area (Å²) in [7, 11) is 0. The molecule has 0 bridgehead atoms. The molecule has 2 aromatic rings. The lowest BCUT2D eigenvalue weighted by molar-refractivity contribution is 0.568. The van der Waals surface area contributed by atoms with E-state index in [9.17, 15) is 0 Å². The summed E-state index contributed by atoms with van der Waals surface area (Å²) in [5, 5.41) is 6.71. The minimum absolute atomic E-state index is 0.328. The topological polar surface area (TPSA) is 24.9 Å². The Morgan fingerprint density at radius 3 is 2.94 bits per heavy atom. The number of nitrogens with one attached hydrogen (secondary N) is 1. The molecule has 1 aromatic carbocycles. The van der Waals surface area contributed by atoms with Crippen LogP contribution in [0.4, 0.5) is 0 Å². The number of hydrogen-bond donors (Lipinski definition) is 1. The normalized spacial score (nSPS) is 12.6. The first kappa shape index (κ1) is 12.7. The van der Waals surface area contributed by atoms with Crippen molar-refractivity contribution in [3.63, 3.8) is 0 Å². The molecule has 2 rings (SSSR count). The van der Waals surface area contributed by atoms with Crippen molar-refractivity contribution in [2.24, 2.45) is 0 Å². The van der Waals surface area contributed by atoms with Gasteiger partial charge in [-0.25, -0.2) is 4.98 Å². The molecule has 1 N–H and O–H groups in total. The summed E-state index contributed by atoms with van der Waals surface area (Å²) in [6.45, 7) is 5.02. The fourth-order valence-corrected chi connectivity index (χ4v) is 2.67. The summed E-state index contributed by atoms with van der Waals surface area (Å²) in [6, 6.07) is 8.71. The SMILES string of the molecule is Cc1nc(CNC(C)c2cccc(Br)c2)cs1. The van der Waals surface area contributed by atoms with Crippen molar-refractivity contribution in [3.05, 3.63) is 50.4 Å². The molecule has 1 unspecified atom stereocenters. The zero-order valence-corrected chi connectivity index (χ0v) is 12.3. The van der Waals surface area contributed by atoms with Crippen LogP contribution >= 0.6 is 27.3 Å². The van der Waals surface area contributed by atoms with Crippen LogP contribution in [0, 0.1) is 6.92 Å². The summed E-state index contributed by atoms with van der Waals surface area (Å²) < 4.78 is 1.12. The highest BCUT2D eigenvalue weighted by atomic mass is 79.9. The highest BCUT2D eigenvalue weighted by Crippen LogP contribution is 2.18. The number of thiazole rings is 1. The van der Waals surface area contributed by atoms with Gasteiger partial charge in [-0.15, -0.1) is 11.3 Å². The standard InChI is InChI=1S/C13H15BrN2S/c1-9(11-4-3-5-12(14)6-11)15-7-13-8-17-10(2)16-13/h3-6,8-9,15H,7H2,1-2H3. The molecule has 1 aromatic heterocycles. The van der Waals surface area contributed by atoms with Crippen molar-refractivity contribution in [3.8, 4) is 0 Å². The predicted molar refractivity (Wildman–Crippen MR) is 76.2 cm³/mol. The zero-order valence-electron chi connectivity index (χ0n) is 9.90. The minimum Gasteiger partial charge on any atom is -0.305 e. The Labute approximate surface area is 114 Å². The van der Waals surface area contributed by atoms with Crippen molar-refractivity contribution in [2.45, 2.75) is 26.4 Å². The predicted octanol–water partition coefficient (Wildman–Crippen LogP) is 4.06. The second-order valence-electron chi connectivity index (χ2n) is 4.02. The number of rotatable bonds is 4. The fraction of sp³-hybridized carbons (Fsp3) is 0.308. The molecule has 0 amide bonds. The van der Waals surface area contributed by atoms with Crippen LogP contribution in [0.5, 0.6) is 0 Å². The lowest BCUT2D eigenvalue weighted by Crippen LogP contribution is -2.18. The Kier molecular flexibility index (Phi) is 4.31. The lowest BCUT2D eigenvalue weighted by Gasteiger charge is -2.13. The quantitative estimate of drug-likeness (QED) is 0.921. The average molecular weight is 311 g/mol. The summed E-state index contributed by atoms with van der Waals surface area (Å²) >= 11 is 5.19. The molecule has 0 aliphatic carbocycles. The highest BCUT2D eigenvalue weighted by molar-refractivity contribution is 9.10. The van der Waals surface area contributed by atoms with Gasteiger partial charge in [0.1, 0.15) is 0 Å². The van der Waals surface area contributed by atoms with E-state index in [2.05, 4.69) is 56.7 Å². The smallest absolute Gasteiger partial charge is 0.0897 e. The number of aryl methyl sites for hydroxylation is 1. The first-order chi connectivity index (χ1) is 8.15. The van der Waals surface area contributed by atoms with Gasteiger partial charge in [-0.3, -0.25) is 0 Å². The van der Waals surface area contributed by atoms with Crippen LogP contribution in [-0.2, 0) is 6.54 Å². The molecule has 1 atom stereocenters. The van der Waals surface area contributed by atoms with Crippen molar-refractivity contribution in [1.29, 1.82) is 0 Å². The van der Waals surface area contributed by atoms with Crippen molar-refractivity contribution in [1.82, 2.24) is 10.3 Å². The van der Waals surface area contributed by atoms with Gasteiger partial charge in [-0.2, -0.15) is 0 Å². The van der Waals surface area contributed by atoms with Crippen LogP contribution in [-0.4, -0.2) is 4.98 Å². The Balaban J connectivity index is 1.95. The van der Waals surface area contributed by atoms with Crippen LogP contribution in [0.1, 0.15) is 29.2 Å². The molecule has 90 valence electrons. The third kappa shape index (κ3) is 3.63. The van der Waals surface area contributed by atoms with E-state index in [1.165, 1.54) is 5.56 Å². The Morgan fingerprint density at radius 2 is 2.29 bits per heavy atom. The Hall–Kier alpha value is -0.710. The van der Waals surface area contributed by atoms with E-state index in [0.717, 1.165) is 21.7 Å². The number of nitrogens with zero attached hydrogens (tertiary/aromatic N) is 1. The molecule has 0 aliphatic heterocycles. The molecule has 0 aliphatic rings. The third-order valence-corrected chi connectivity index (χ3v) is 3.92. The van der Waals surface area contributed by atoms with E-state index in [-0.39, 0.29) is 0 Å². The molecular weight excluding hydrogens is 296 g/mol. The lowest BCUT2D eigenvalue weighted by atomic mass is 10.1. The van der Waals surface area contributed by atoms with Gasteiger partial charge >= 0.3 is 0 Å². The van der Waals surface area contributed by atoms with E-state index in [4.69, 9.17) is 0 Å². The van der Waals surface area contributed by atoms with E-state index in [1.807, 2.05) is 13.0 Å². The molecule has 0 saturated heterocycles. The van der Waals surface area contributed by atoms with Crippen LogP contribution in [0.2, 0.25) is 0 Å². The summed E-state index contributed by atoms with van der Waals surface area (Å²) in [5.41, 5.74) is 2.40. The monoisotopic (exact) mass is 310 g/mol. The summed E-state index contributed by atoms with van der Waals surface area (Å²) in [6.07, 6.45) is 0. The Morgan fingerprint density at radius 1 is 1.47 bits per heavy atom. The van der Waals surface area contributed by atoms with Gasteiger partial charge < -0.3 is 5.32 Å². The molecule has 1 heterocycles. The van der Waals surface area contributed by atoms with Crippen LogP contribution in [0.15, 0.2) is 34.1 Å². The van der Waals surface area contributed by atoms with Crippen molar-refractivity contribution >= 4 is 27.3 Å². The molecule has 2 nitrogen and oxygen atoms in total. The highest BCUT2D eigenvalue weighted by Gasteiger charge is 2.06. The summed E-state index contributed by atoms with van der Waals surface area (Å²) in [5.74, 6) is 0. The fourth-order valence-electron chi connectivity index (χ4n) is 1.64. The molecule has 0 saturated carbocycles. The minimum atomic E-state index is 0.328. The van der Waals surface area contributed by atoms with Crippen LogP contribution in [0.25, 0.3) is 0 Å². The van der Waals surface area contributed by atoms with Crippen LogP contribution in [0.3, 0.4) is 0 Å². The van der Waals surface area contributed by atoms with E-state index >= 15 is 0 Å². The summed E-state index contributed by atoms with van der Waals surface area (Å²) in [4.78, 5) is 4.44. The maximum atomic E-state index is 4.44. The average Bonchev–Trinajstić information content (AvgIpc) is 2.72. The molecule has 4 heteroatoms. The second-order valence-corrected chi connectivity index (χ2v) is 5.99. The maximum absolute atomic E-state index is 4.44. The van der Waals surface area contributed by atoms with Gasteiger partial charge in [0.05, 0.1) is 10.7 Å². The number of benzene rings is 1. The van der Waals surface area contributed by atoms with Crippen LogP contribution < -0.4 is 5.32 Å². The third-order valence-electron chi connectivity index (χ3n) is 2.60. The van der Waals surface area contributed by atoms with Gasteiger partial charge in [-0.1, -0.05) is 28.1 Å². The van der Waals surface area contributed by atoms with Gasteiger partial charge in [0.25, 0.3) is 0 Å². The molecular formula is C13H15BrN2S. The maximum Gasteiger partial charge on any atom is 0.0897 e. The molecule has 17 heavy (non-hydrogen) atoms. The largest absolute Gasteiger partial charge is 0.305 e. The first-order valence-corrected chi connectivity index (χ1v) is 7.22. The van der Waals surface area contributed by atoms with Gasteiger partial charge in [0.15, 0.2) is 0 Å². The number of halogens is 1. The number of hydrogen-bond acceptors (Lipinski definition) is 3. The number of aromatic nitrogens is 1. The first-order valence-electron chi connectivity index (χ1n) is 5.55. The molecule has 0 radical (unpaired) electrons. The van der Waals surface area contributed by atoms with Gasteiger partial charge in [0, 0.05) is 22.4 Å². The molecule has 0 spiro atoms. The van der Waals surface area contributed by atoms with Gasteiger partial charge in [0.2, 0.25) is 0 Å². The van der Waals surface area contributed by atoms with Gasteiger partial charge in [-0.05, 0) is 31.5 Å². The second kappa shape index (κ2) is 5.76. The van der Waals surface area contributed by atoms with E-state index in [1.54, 1.807) is 11.3 Å². The van der Waals surface area contributed by atoms with Crippen molar-refractivity contribution in [2.75, 3.05) is 0 Å². The van der Waals surface area contributed by atoms with Crippen molar-refractivity contribution < 1.29 is 0 Å².